The van der Waals surface area contributed by atoms with Gasteiger partial charge >= 0.3 is 0 Å². The monoisotopic (exact) mass is 344 g/mol. The molecule has 0 aliphatic rings. The SMILES string of the molecule is COCCn1c(SCc2nc(-c3ccccc3)no2)nc(C)c1C. The quantitative estimate of drug-likeness (QED) is 0.611. The van der Waals surface area contributed by atoms with Gasteiger partial charge in [0.25, 0.3) is 0 Å². The van der Waals surface area contributed by atoms with Crippen LogP contribution in [0.2, 0.25) is 0 Å². The number of ether oxygens (including phenoxy) is 1. The smallest absolute Gasteiger partial charge is 0.237 e. The van der Waals surface area contributed by atoms with Crippen molar-refractivity contribution in [3.05, 3.63) is 47.6 Å². The van der Waals surface area contributed by atoms with Gasteiger partial charge in [-0.05, 0) is 13.8 Å². The van der Waals surface area contributed by atoms with Gasteiger partial charge in [-0.2, -0.15) is 4.98 Å². The number of methoxy groups -OCH3 is 1. The second-order valence-electron chi connectivity index (χ2n) is 5.38. The van der Waals surface area contributed by atoms with Gasteiger partial charge < -0.3 is 13.8 Å². The van der Waals surface area contributed by atoms with Crippen LogP contribution in [0.1, 0.15) is 17.3 Å². The van der Waals surface area contributed by atoms with Crippen molar-refractivity contribution in [1.82, 2.24) is 19.7 Å². The molecule has 24 heavy (non-hydrogen) atoms. The maximum atomic E-state index is 5.36. The zero-order valence-electron chi connectivity index (χ0n) is 14.0. The third-order valence-electron chi connectivity index (χ3n) is 3.77. The molecule has 0 bridgehead atoms. The van der Waals surface area contributed by atoms with Crippen LogP contribution in [-0.2, 0) is 17.0 Å². The molecule has 0 fully saturated rings. The van der Waals surface area contributed by atoms with Crippen molar-refractivity contribution >= 4 is 11.8 Å². The number of thioether (sulfide) groups is 1. The van der Waals surface area contributed by atoms with Gasteiger partial charge in [0, 0.05) is 24.9 Å². The lowest BCUT2D eigenvalue weighted by Crippen LogP contribution is -2.07. The zero-order chi connectivity index (χ0) is 16.9. The maximum absolute atomic E-state index is 5.36. The van der Waals surface area contributed by atoms with E-state index in [2.05, 4.69) is 26.6 Å². The first-order valence-electron chi connectivity index (χ1n) is 7.72. The number of rotatable bonds is 7. The largest absolute Gasteiger partial charge is 0.383 e. The summed E-state index contributed by atoms with van der Waals surface area (Å²) in [5.74, 6) is 1.79. The average molecular weight is 344 g/mol. The Morgan fingerprint density at radius 1 is 1.17 bits per heavy atom. The van der Waals surface area contributed by atoms with Crippen LogP contribution >= 0.6 is 11.8 Å². The molecule has 3 rings (SSSR count). The average Bonchev–Trinajstić information content (AvgIpc) is 3.18. The van der Waals surface area contributed by atoms with E-state index < -0.39 is 0 Å². The van der Waals surface area contributed by atoms with Gasteiger partial charge in [-0.3, -0.25) is 0 Å². The molecule has 0 aliphatic carbocycles. The normalized spacial score (nSPS) is 11.1. The van der Waals surface area contributed by atoms with E-state index in [-0.39, 0.29) is 0 Å². The Kier molecular flexibility index (Phi) is 5.32. The summed E-state index contributed by atoms with van der Waals surface area (Å²) in [6.07, 6.45) is 0. The van der Waals surface area contributed by atoms with Crippen LogP contribution in [0.3, 0.4) is 0 Å². The fourth-order valence-electron chi connectivity index (χ4n) is 2.32. The highest BCUT2D eigenvalue weighted by molar-refractivity contribution is 7.98. The number of benzene rings is 1. The standard InChI is InChI=1S/C17H20N4O2S/c1-12-13(2)21(9-10-22-3)17(18-12)24-11-15-19-16(20-23-15)14-7-5-4-6-8-14/h4-8H,9-11H2,1-3H3. The van der Waals surface area contributed by atoms with Crippen LogP contribution in [0.5, 0.6) is 0 Å². The fraction of sp³-hybridized carbons (Fsp3) is 0.353. The maximum Gasteiger partial charge on any atom is 0.237 e. The molecule has 2 aromatic heterocycles. The Balaban J connectivity index is 1.70. The molecule has 1 aromatic carbocycles. The zero-order valence-corrected chi connectivity index (χ0v) is 14.8. The van der Waals surface area contributed by atoms with Crippen molar-refractivity contribution in [1.29, 1.82) is 0 Å². The minimum atomic E-state index is 0.586. The molecular formula is C17H20N4O2S. The summed E-state index contributed by atoms with van der Waals surface area (Å²) >= 11 is 1.59. The first kappa shape index (κ1) is 16.7. The van der Waals surface area contributed by atoms with Crippen LogP contribution in [0.15, 0.2) is 40.0 Å². The number of nitrogens with zero attached hydrogens (tertiary/aromatic N) is 4. The van der Waals surface area contributed by atoms with E-state index in [0.717, 1.165) is 28.7 Å². The molecule has 0 saturated carbocycles. The summed E-state index contributed by atoms with van der Waals surface area (Å²) in [5, 5.41) is 4.99. The van der Waals surface area contributed by atoms with Gasteiger partial charge in [0.2, 0.25) is 11.7 Å². The van der Waals surface area contributed by atoms with Crippen LogP contribution < -0.4 is 0 Å². The molecule has 0 atom stereocenters. The summed E-state index contributed by atoms with van der Waals surface area (Å²) in [4.78, 5) is 9.08. The second-order valence-corrected chi connectivity index (χ2v) is 6.32. The molecule has 0 N–H and O–H groups in total. The molecule has 0 spiro atoms. The van der Waals surface area contributed by atoms with Crippen molar-refractivity contribution in [2.45, 2.75) is 31.3 Å². The predicted molar refractivity (Wildman–Crippen MR) is 92.9 cm³/mol. The van der Waals surface area contributed by atoms with Gasteiger partial charge in [0.05, 0.1) is 18.1 Å². The number of aryl methyl sites for hydroxylation is 1. The van der Waals surface area contributed by atoms with Crippen molar-refractivity contribution in [3.63, 3.8) is 0 Å². The lowest BCUT2D eigenvalue weighted by molar-refractivity contribution is 0.184. The molecule has 0 saturated heterocycles. The van der Waals surface area contributed by atoms with Crippen LogP contribution in [-0.4, -0.2) is 33.4 Å². The topological polar surface area (TPSA) is 66.0 Å². The third-order valence-corrected chi connectivity index (χ3v) is 4.73. The summed E-state index contributed by atoms with van der Waals surface area (Å²) in [6.45, 7) is 5.53. The van der Waals surface area contributed by atoms with Gasteiger partial charge in [0.1, 0.15) is 0 Å². The predicted octanol–water partition coefficient (Wildman–Crippen LogP) is 3.49. The lowest BCUT2D eigenvalue weighted by atomic mass is 10.2. The molecule has 0 unspecified atom stereocenters. The van der Waals surface area contributed by atoms with E-state index in [1.807, 2.05) is 37.3 Å². The highest BCUT2D eigenvalue weighted by Gasteiger charge is 2.14. The highest BCUT2D eigenvalue weighted by atomic mass is 32.2. The minimum absolute atomic E-state index is 0.586. The van der Waals surface area contributed by atoms with E-state index in [0.29, 0.717) is 24.1 Å². The second kappa shape index (κ2) is 7.63. The molecule has 0 amide bonds. The molecular weight excluding hydrogens is 324 g/mol. The molecule has 2 heterocycles. The molecule has 3 aromatic rings. The number of imidazole rings is 1. The van der Waals surface area contributed by atoms with Crippen molar-refractivity contribution in [2.24, 2.45) is 0 Å². The summed E-state index contributed by atoms with van der Waals surface area (Å²) < 4.78 is 12.7. The third kappa shape index (κ3) is 3.68. The Hall–Kier alpha value is -2.12. The van der Waals surface area contributed by atoms with Crippen molar-refractivity contribution < 1.29 is 9.26 Å². The van der Waals surface area contributed by atoms with E-state index in [1.54, 1.807) is 18.9 Å². The molecule has 0 aliphatic heterocycles. The molecule has 126 valence electrons. The number of hydrogen-bond acceptors (Lipinski definition) is 6. The summed E-state index contributed by atoms with van der Waals surface area (Å²) in [7, 11) is 1.70. The van der Waals surface area contributed by atoms with Gasteiger partial charge in [-0.25, -0.2) is 4.98 Å². The highest BCUT2D eigenvalue weighted by Crippen LogP contribution is 2.25. The Morgan fingerprint density at radius 3 is 2.71 bits per heavy atom. The van der Waals surface area contributed by atoms with Gasteiger partial charge in [0.15, 0.2) is 5.16 Å². The molecule has 7 heteroatoms. The Labute approximate surface area is 145 Å². The van der Waals surface area contributed by atoms with E-state index in [1.165, 1.54) is 0 Å². The minimum Gasteiger partial charge on any atom is -0.383 e. The first-order valence-corrected chi connectivity index (χ1v) is 8.71. The number of hydrogen-bond donors (Lipinski definition) is 0. The van der Waals surface area contributed by atoms with E-state index in [9.17, 15) is 0 Å². The summed E-state index contributed by atoms with van der Waals surface area (Å²) in [6, 6.07) is 9.80. The molecule has 6 nitrogen and oxygen atoms in total. The van der Waals surface area contributed by atoms with Gasteiger partial charge in [-0.1, -0.05) is 47.3 Å². The number of aromatic nitrogens is 4. The van der Waals surface area contributed by atoms with E-state index in [4.69, 9.17) is 9.26 Å². The van der Waals surface area contributed by atoms with Crippen LogP contribution in [0.4, 0.5) is 0 Å². The van der Waals surface area contributed by atoms with Gasteiger partial charge in [-0.15, -0.1) is 0 Å². The lowest BCUT2D eigenvalue weighted by Gasteiger charge is -2.08. The Bertz CT molecular complexity index is 798. The first-order chi connectivity index (χ1) is 11.7. The molecule has 0 radical (unpaired) electrons. The van der Waals surface area contributed by atoms with Crippen molar-refractivity contribution in [3.8, 4) is 11.4 Å². The Morgan fingerprint density at radius 2 is 1.96 bits per heavy atom. The van der Waals surface area contributed by atoms with E-state index >= 15 is 0 Å². The summed E-state index contributed by atoms with van der Waals surface area (Å²) in [5.41, 5.74) is 3.14. The van der Waals surface area contributed by atoms with Crippen LogP contribution in [0.25, 0.3) is 11.4 Å². The van der Waals surface area contributed by atoms with Crippen molar-refractivity contribution in [2.75, 3.05) is 13.7 Å². The fourth-order valence-corrected chi connectivity index (χ4v) is 3.28. The van der Waals surface area contributed by atoms with Crippen LogP contribution in [0, 0.1) is 13.8 Å².